The van der Waals surface area contributed by atoms with Gasteiger partial charge in [0.25, 0.3) is 0 Å². The Morgan fingerprint density at radius 1 is 1.56 bits per heavy atom. The van der Waals surface area contributed by atoms with Crippen LogP contribution < -0.4 is 5.73 Å². The van der Waals surface area contributed by atoms with E-state index in [9.17, 15) is 0 Å². The highest BCUT2D eigenvalue weighted by molar-refractivity contribution is 5.95. The Morgan fingerprint density at radius 2 is 2.39 bits per heavy atom. The van der Waals surface area contributed by atoms with E-state index in [1.807, 2.05) is 25.1 Å². The summed E-state index contributed by atoms with van der Waals surface area (Å²) in [4.78, 5) is 0. The van der Waals surface area contributed by atoms with Gasteiger partial charge in [-0.25, -0.2) is 0 Å². The van der Waals surface area contributed by atoms with Crippen LogP contribution in [-0.2, 0) is 16.1 Å². The van der Waals surface area contributed by atoms with Crippen molar-refractivity contribution in [2.45, 2.75) is 32.5 Å². The van der Waals surface area contributed by atoms with Gasteiger partial charge in [-0.15, -0.1) is 0 Å². The molecule has 0 aromatic heterocycles. The van der Waals surface area contributed by atoms with Crippen molar-refractivity contribution in [3.8, 4) is 0 Å². The average molecular weight is 248 g/mol. The lowest BCUT2D eigenvalue weighted by Crippen LogP contribution is -2.14. The third-order valence-corrected chi connectivity index (χ3v) is 3.24. The molecule has 1 saturated heterocycles. The summed E-state index contributed by atoms with van der Waals surface area (Å²) in [5.41, 5.74) is 8.45. The van der Waals surface area contributed by atoms with Crippen LogP contribution in [0.3, 0.4) is 0 Å². The Kier molecular flexibility index (Phi) is 4.33. The van der Waals surface area contributed by atoms with Gasteiger partial charge in [0, 0.05) is 12.2 Å². The summed E-state index contributed by atoms with van der Waals surface area (Å²) in [7, 11) is 0. The first-order valence-electron chi connectivity index (χ1n) is 6.30. The molecule has 0 radical (unpaired) electrons. The first-order chi connectivity index (χ1) is 8.66. The van der Waals surface area contributed by atoms with E-state index in [-0.39, 0.29) is 11.9 Å². The van der Waals surface area contributed by atoms with E-state index in [4.69, 9.17) is 20.6 Å². The Labute approximate surface area is 108 Å². The van der Waals surface area contributed by atoms with Gasteiger partial charge >= 0.3 is 0 Å². The van der Waals surface area contributed by atoms with Crippen molar-refractivity contribution in [1.29, 1.82) is 5.41 Å². The SMILES string of the molecule is Cc1cc(C(=N)N)ccc1COCC1CCCO1. The van der Waals surface area contributed by atoms with Crippen molar-refractivity contribution in [2.24, 2.45) is 5.73 Å². The number of nitrogen functional groups attached to an aromatic ring is 1. The fraction of sp³-hybridized carbons (Fsp3) is 0.500. The topological polar surface area (TPSA) is 68.3 Å². The van der Waals surface area contributed by atoms with Gasteiger partial charge in [-0.2, -0.15) is 0 Å². The third kappa shape index (κ3) is 3.31. The Morgan fingerprint density at radius 3 is 3.00 bits per heavy atom. The molecular formula is C14H20N2O2. The summed E-state index contributed by atoms with van der Waals surface area (Å²) in [6.07, 6.45) is 2.50. The van der Waals surface area contributed by atoms with Gasteiger partial charge in [0.2, 0.25) is 0 Å². The second-order valence-electron chi connectivity index (χ2n) is 4.71. The highest BCUT2D eigenvalue weighted by Crippen LogP contribution is 2.15. The Balaban J connectivity index is 1.87. The van der Waals surface area contributed by atoms with E-state index < -0.39 is 0 Å². The number of ether oxygens (including phenoxy) is 2. The number of amidine groups is 1. The molecule has 98 valence electrons. The molecule has 18 heavy (non-hydrogen) atoms. The molecule has 2 rings (SSSR count). The Hall–Kier alpha value is -1.39. The molecule has 4 heteroatoms. The van der Waals surface area contributed by atoms with Crippen LogP contribution in [0.5, 0.6) is 0 Å². The van der Waals surface area contributed by atoms with Gasteiger partial charge in [0.05, 0.1) is 19.3 Å². The van der Waals surface area contributed by atoms with E-state index in [1.54, 1.807) is 0 Å². The molecule has 0 bridgehead atoms. The predicted octanol–water partition coefficient (Wildman–Crippen LogP) is 1.97. The van der Waals surface area contributed by atoms with Crippen LogP contribution in [0.4, 0.5) is 0 Å². The summed E-state index contributed by atoms with van der Waals surface area (Å²) in [5, 5.41) is 7.38. The molecule has 1 aromatic rings. The maximum absolute atomic E-state index is 7.38. The number of aryl methyl sites for hydroxylation is 1. The number of benzene rings is 1. The largest absolute Gasteiger partial charge is 0.384 e. The maximum atomic E-state index is 7.38. The zero-order chi connectivity index (χ0) is 13.0. The van der Waals surface area contributed by atoms with Crippen molar-refractivity contribution in [3.63, 3.8) is 0 Å². The first-order valence-corrected chi connectivity index (χ1v) is 6.30. The summed E-state index contributed by atoms with van der Waals surface area (Å²) in [6.45, 7) is 4.12. The lowest BCUT2D eigenvalue weighted by atomic mass is 10.1. The monoisotopic (exact) mass is 248 g/mol. The molecule has 0 saturated carbocycles. The van der Waals surface area contributed by atoms with Crippen LogP contribution in [0.25, 0.3) is 0 Å². The molecule has 1 fully saturated rings. The van der Waals surface area contributed by atoms with E-state index in [0.717, 1.165) is 36.1 Å². The van der Waals surface area contributed by atoms with E-state index >= 15 is 0 Å². The number of nitrogens with two attached hydrogens (primary N) is 1. The molecule has 1 unspecified atom stereocenters. The average Bonchev–Trinajstić information content (AvgIpc) is 2.84. The number of hydrogen-bond donors (Lipinski definition) is 2. The molecule has 1 atom stereocenters. The van der Waals surface area contributed by atoms with Crippen LogP contribution in [0.2, 0.25) is 0 Å². The number of hydrogen-bond acceptors (Lipinski definition) is 3. The minimum Gasteiger partial charge on any atom is -0.384 e. The highest BCUT2D eigenvalue weighted by atomic mass is 16.5. The molecule has 1 heterocycles. The molecule has 1 aliphatic rings. The van der Waals surface area contributed by atoms with Gasteiger partial charge < -0.3 is 15.2 Å². The lowest BCUT2D eigenvalue weighted by molar-refractivity contribution is 0.0104. The number of rotatable bonds is 5. The molecular weight excluding hydrogens is 228 g/mol. The molecule has 0 spiro atoms. The molecule has 0 amide bonds. The van der Waals surface area contributed by atoms with Crippen molar-refractivity contribution in [2.75, 3.05) is 13.2 Å². The van der Waals surface area contributed by atoms with Gasteiger partial charge in [0.1, 0.15) is 5.84 Å². The Bertz CT molecular complexity index is 426. The second kappa shape index (κ2) is 5.98. The zero-order valence-corrected chi connectivity index (χ0v) is 10.7. The fourth-order valence-electron chi connectivity index (χ4n) is 2.10. The second-order valence-corrected chi connectivity index (χ2v) is 4.71. The molecule has 0 aliphatic carbocycles. The summed E-state index contributed by atoms with van der Waals surface area (Å²) in [6, 6.07) is 5.76. The van der Waals surface area contributed by atoms with Crippen LogP contribution in [0.15, 0.2) is 18.2 Å². The van der Waals surface area contributed by atoms with Crippen LogP contribution in [0.1, 0.15) is 29.5 Å². The predicted molar refractivity (Wildman–Crippen MR) is 70.8 cm³/mol. The van der Waals surface area contributed by atoms with E-state index in [0.29, 0.717) is 13.2 Å². The van der Waals surface area contributed by atoms with Gasteiger partial charge in [-0.05, 0) is 37.0 Å². The van der Waals surface area contributed by atoms with Gasteiger partial charge in [-0.3, -0.25) is 5.41 Å². The van der Waals surface area contributed by atoms with E-state index in [2.05, 4.69) is 0 Å². The summed E-state index contributed by atoms with van der Waals surface area (Å²) >= 11 is 0. The van der Waals surface area contributed by atoms with Crippen molar-refractivity contribution < 1.29 is 9.47 Å². The van der Waals surface area contributed by atoms with Gasteiger partial charge in [0.15, 0.2) is 0 Å². The number of nitrogens with one attached hydrogen (secondary N) is 1. The van der Waals surface area contributed by atoms with Crippen LogP contribution in [-0.4, -0.2) is 25.2 Å². The zero-order valence-electron chi connectivity index (χ0n) is 10.7. The van der Waals surface area contributed by atoms with Crippen LogP contribution in [0, 0.1) is 12.3 Å². The van der Waals surface area contributed by atoms with Crippen LogP contribution >= 0.6 is 0 Å². The van der Waals surface area contributed by atoms with Crippen molar-refractivity contribution >= 4 is 5.84 Å². The summed E-state index contributed by atoms with van der Waals surface area (Å²) in [5.74, 6) is 0.102. The molecule has 1 aromatic carbocycles. The minimum absolute atomic E-state index is 0.102. The fourth-order valence-corrected chi connectivity index (χ4v) is 2.10. The highest BCUT2D eigenvalue weighted by Gasteiger charge is 2.15. The molecule has 4 nitrogen and oxygen atoms in total. The quantitative estimate of drug-likeness (QED) is 0.618. The molecule has 3 N–H and O–H groups in total. The lowest BCUT2D eigenvalue weighted by Gasteiger charge is -2.12. The smallest absolute Gasteiger partial charge is 0.122 e. The molecule has 1 aliphatic heterocycles. The van der Waals surface area contributed by atoms with E-state index in [1.165, 1.54) is 0 Å². The van der Waals surface area contributed by atoms with Crippen molar-refractivity contribution in [1.82, 2.24) is 0 Å². The maximum Gasteiger partial charge on any atom is 0.122 e. The first kappa shape index (κ1) is 13.1. The van der Waals surface area contributed by atoms with Gasteiger partial charge in [-0.1, -0.05) is 12.1 Å². The summed E-state index contributed by atoms with van der Waals surface area (Å²) < 4.78 is 11.2. The normalized spacial score (nSPS) is 19.1. The van der Waals surface area contributed by atoms with Crippen molar-refractivity contribution in [3.05, 3.63) is 34.9 Å². The third-order valence-electron chi connectivity index (χ3n) is 3.24. The minimum atomic E-state index is 0.102. The standard InChI is InChI=1S/C14H20N2O2/c1-10-7-11(14(15)16)4-5-12(10)8-17-9-13-3-2-6-18-13/h4-5,7,13H,2-3,6,8-9H2,1H3,(H3,15,16).